The number of benzene rings is 1. The highest BCUT2D eigenvalue weighted by molar-refractivity contribution is 5.79. The molecule has 0 heterocycles. The Labute approximate surface area is 123 Å². The van der Waals surface area contributed by atoms with Gasteiger partial charge in [-0.2, -0.15) is 0 Å². The maximum absolute atomic E-state index is 4.21. The minimum Gasteiger partial charge on any atom is -0.356 e. The van der Waals surface area contributed by atoms with E-state index < -0.39 is 0 Å². The predicted octanol–water partition coefficient (Wildman–Crippen LogP) is 2.21. The molecule has 0 atom stereocenters. The number of nitrogens with one attached hydrogen (secondary N) is 2. The molecular weight excluding hydrogens is 248 g/mol. The number of hydrogen-bond acceptors (Lipinski definition) is 2. The fraction of sp³-hybridized carbons (Fsp3) is 0.562. The molecule has 0 aliphatic heterocycles. The van der Waals surface area contributed by atoms with E-state index >= 15 is 0 Å². The Bertz CT molecular complexity index is 415. The highest BCUT2D eigenvalue weighted by Gasteiger charge is 2.01. The van der Waals surface area contributed by atoms with Gasteiger partial charge in [-0.25, -0.2) is 0 Å². The largest absolute Gasteiger partial charge is 0.356 e. The van der Waals surface area contributed by atoms with Crippen molar-refractivity contribution < 1.29 is 0 Å². The molecule has 1 aromatic carbocycles. The van der Waals surface area contributed by atoms with E-state index in [1.165, 1.54) is 11.1 Å². The molecule has 0 bridgehead atoms. The number of hydrogen-bond donors (Lipinski definition) is 2. The van der Waals surface area contributed by atoms with Crippen molar-refractivity contribution in [1.82, 2.24) is 15.5 Å². The van der Waals surface area contributed by atoms with Crippen LogP contribution in [0.3, 0.4) is 0 Å². The van der Waals surface area contributed by atoms with Gasteiger partial charge in [0.2, 0.25) is 0 Å². The molecule has 112 valence electrons. The van der Waals surface area contributed by atoms with E-state index in [1.54, 1.807) is 7.05 Å². The van der Waals surface area contributed by atoms with Gasteiger partial charge in [-0.15, -0.1) is 0 Å². The van der Waals surface area contributed by atoms with Gasteiger partial charge < -0.3 is 15.5 Å². The first-order valence-corrected chi connectivity index (χ1v) is 7.40. The Morgan fingerprint density at radius 2 is 1.95 bits per heavy atom. The molecule has 4 nitrogen and oxygen atoms in total. The van der Waals surface area contributed by atoms with Crippen LogP contribution in [0.25, 0.3) is 0 Å². The maximum Gasteiger partial charge on any atom is 0.191 e. The van der Waals surface area contributed by atoms with Gasteiger partial charge in [0.15, 0.2) is 5.96 Å². The van der Waals surface area contributed by atoms with Crippen LogP contribution in [-0.2, 0) is 13.1 Å². The normalized spacial score (nSPS) is 11.8. The van der Waals surface area contributed by atoms with Crippen molar-refractivity contribution in [2.24, 2.45) is 4.99 Å². The summed E-state index contributed by atoms with van der Waals surface area (Å²) >= 11 is 0. The number of rotatable bonds is 7. The number of guanidine groups is 1. The van der Waals surface area contributed by atoms with Crippen molar-refractivity contribution in [3.05, 3.63) is 35.4 Å². The quantitative estimate of drug-likeness (QED) is 0.592. The van der Waals surface area contributed by atoms with Gasteiger partial charge in [-0.05, 0) is 31.1 Å². The summed E-state index contributed by atoms with van der Waals surface area (Å²) < 4.78 is 0. The second kappa shape index (κ2) is 9.37. The van der Waals surface area contributed by atoms with E-state index in [2.05, 4.69) is 65.7 Å². The summed E-state index contributed by atoms with van der Waals surface area (Å²) in [7, 11) is 3.94. The van der Waals surface area contributed by atoms with E-state index in [0.717, 1.165) is 38.6 Å². The Kier molecular flexibility index (Phi) is 7.73. The van der Waals surface area contributed by atoms with Crippen LogP contribution in [0.2, 0.25) is 0 Å². The standard InChI is InChI=1S/C16H28N4/c1-5-10-18-16(17-3)19-12-14-8-7-9-15(11-14)13-20(4)6-2/h7-9,11H,5-6,10,12-13H2,1-4H3,(H2,17,18,19). The van der Waals surface area contributed by atoms with Crippen LogP contribution in [0.15, 0.2) is 29.3 Å². The second-order valence-electron chi connectivity index (χ2n) is 5.00. The lowest BCUT2D eigenvalue weighted by Gasteiger charge is -2.15. The third kappa shape index (κ3) is 6.06. The van der Waals surface area contributed by atoms with Crippen molar-refractivity contribution in [3.8, 4) is 0 Å². The fourth-order valence-electron chi connectivity index (χ4n) is 1.91. The summed E-state index contributed by atoms with van der Waals surface area (Å²) in [5, 5.41) is 6.62. The topological polar surface area (TPSA) is 39.7 Å². The van der Waals surface area contributed by atoms with Gasteiger partial charge >= 0.3 is 0 Å². The van der Waals surface area contributed by atoms with Crippen LogP contribution < -0.4 is 10.6 Å². The summed E-state index contributed by atoms with van der Waals surface area (Å²) in [6.07, 6.45) is 1.10. The zero-order valence-electron chi connectivity index (χ0n) is 13.2. The summed E-state index contributed by atoms with van der Waals surface area (Å²) in [4.78, 5) is 6.51. The lowest BCUT2D eigenvalue weighted by Crippen LogP contribution is -2.37. The zero-order valence-corrected chi connectivity index (χ0v) is 13.2. The van der Waals surface area contributed by atoms with Crippen LogP contribution >= 0.6 is 0 Å². The SMILES string of the molecule is CCCNC(=NC)NCc1cccc(CN(C)CC)c1. The molecule has 4 heteroatoms. The minimum absolute atomic E-state index is 0.799. The molecule has 0 spiro atoms. The lowest BCUT2D eigenvalue weighted by molar-refractivity contribution is 0.345. The smallest absolute Gasteiger partial charge is 0.191 e. The summed E-state index contributed by atoms with van der Waals surface area (Å²) in [5.74, 6) is 0.864. The molecule has 20 heavy (non-hydrogen) atoms. The molecule has 0 saturated carbocycles. The van der Waals surface area contributed by atoms with Crippen LogP contribution in [-0.4, -0.2) is 38.0 Å². The number of nitrogens with zero attached hydrogens (tertiary/aromatic N) is 2. The first-order chi connectivity index (χ1) is 9.69. The molecule has 1 aromatic rings. The molecular formula is C16H28N4. The summed E-state index contributed by atoms with van der Waals surface area (Å²) in [6.45, 7) is 8.13. The third-order valence-electron chi connectivity index (χ3n) is 3.21. The van der Waals surface area contributed by atoms with Crippen LogP contribution in [0.1, 0.15) is 31.4 Å². The maximum atomic E-state index is 4.21. The average molecular weight is 276 g/mol. The molecule has 0 unspecified atom stereocenters. The van der Waals surface area contributed by atoms with E-state index in [9.17, 15) is 0 Å². The monoisotopic (exact) mass is 276 g/mol. The van der Waals surface area contributed by atoms with E-state index in [0.29, 0.717) is 0 Å². The highest BCUT2D eigenvalue weighted by Crippen LogP contribution is 2.07. The Morgan fingerprint density at radius 3 is 2.60 bits per heavy atom. The molecule has 0 saturated heterocycles. The average Bonchev–Trinajstić information content (AvgIpc) is 2.47. The fourth-order valence-corrected chi connectivity index (χ4v) is 1.91. The first kappa shape index (κ1) is 16.5. The summed E-state index contributed by atoms with van der Waals surface area (Å²) in [6, 6.07) is 8.71. The van der Waals surface area contributed by atoms with Crippen molar-refractivity contribution in [2.45, 2.75) is 33.4 Å². The van der Waals surface area contributed by atoms with E-state index in [1.807, 2.05) is 0 Å². The second-order valence-corrected chi connectivity index (χ2v) is 5.00. The van der Waals surface area contributed by atoms with E-state index in [-0.39, 0.29) is 0 Å². The van der Waals surface area contributed by atoms with Crippen molar-refractivity contribution in [3.63, 3.8) is 0 Å². The molecule has 0 aliphatic carbocycles. The lowest BCUT2D eigenvalue weighted by atomic mass is 10.1. The van der Waals surface area contributed by atoms with Gasteiger partial charge in [0.05, 0.1) is 0 Å². The Hall–Kier alpha value is -1.55. The van der Waals surface area contributed by atoms with Gasteiger partial charge in [0, 0.05) is 26.7 Å². The molecule has 0 aliphatic rings. The molecule has 0 amide bonds. The van der Waals surface area contributed by atoms with Crippen LogP contribution in [0.5, 0.6) is 0 Å². The van der Waals surface area contributed by atoms with Crippen molar-refractivity contribution >= 4 is 5.96 Å². The zero-order chi connectivity index (χ0) is 14.8. The Balaban J connectivity index is 2.53. The number of aliphatic imine (C=N–C) groups is 1. The predicted molar refractivity (Wildman–Crippen MR) is 86.9 cm³/mol. The van der Waals surface area contributed by atoms with Crippen molar-refractivity contribution in [2.75, 3.05) is 27.2 Å². The van der Waals surface area contributed by atoms with Gasteiger partial charge in [0.1, 0.15) is 0 Å². The first-order valence-electron chi connectivity index (χ1n) is 7.40. The third-order valence-corrected chi connectivity index (χ3v) is 3.21. The van der Waals surface area contributed by atoms with Crippen molar-refractivity contribution in [1.29, 1.82) is 0 Å². The molecule has 0 fully saturated rings. The summed E-state index contributed by atoms with van der Waals surface area (Å²) in [5.41, 5.74) is 2.64. The highest BCUT2D eigenvalue weighted by atomic mass is 15.2. The molecule has 2 N–H and O–H groups in total. The molecule has 1 rings (SSSR count). The minimum atomic E-state index is 0.799. The van der Waals surface area contributed by atoms with Gasteiger partial charge in [-0.3, -0.25) is 4.99 Å². The molecule has 0 radical (unpaired) electrons. The van der Waals surface area contributed by atoms with Gasteiger partial charge in [-0.1, -0.05) is 38.1 Å². The Morgan fingerprint density at radius 1 is 1.20 bits per heavy atom. The van der Waals surface area contributed by atoms with Crippen LogP contribution in [0, 0.1) is 0 Å². The van der Waals surface area contributed by atoms with Gasteiger partial charge in [0.25, 0.3) is 0 Å². The molecule has 0 aromatic heterocycles. The van der Waals surface area contributed by atoms with E-state index in [4.69, 9.17) is 0 Å². The van der Waals surface area contributed by atoms with Crippen LogP contribution in [0.4, 0.5) is 0 Å².